The molecular formula is C14H13N3OS. The van der Waals surface area contributed by atoms with Crippen LogP contribution in [0.25, 0.3) is 10.8 Å². The van der Waals surface area contributed by atoms with E-state index in [0.717, 1.165) is 16.1 Å². The number of hydrogen-bond acceptors (Lipinski definition) is 4. The highest BCUT2D eigenvalue weighted by atomic mass is 32.1. The molecule has 3 rings (SSSR count). The molecule has 2 heterocycles. The minimum atomic E-state index is -0.0740. The molecule has 0 bridgehead atoms. The third-order valence-corrected chi connectivity index (χ3v) is 3.70. The first kappa shape index (κ1) is 11.9. The molecule has 0 saturated carbocycles. The van der Waals surface area contributed by atoms with Crippen molar-refractivity contribution in [1.82, 2.24) is 9.97 Å². The van der Waals surface area contributed by atoms with Crippen LogP contribution in [0.4, 0.5) is 5.82 Å². The third-order valence-electron chi connectivity index (χ3n) is 2.88. The third kappa shape index (κ3) is 2.51. The van der Waals surface area contributed by atoms with E-state index in [-0.39, 0.29) is 5.56 Å². The normalized spacial score (nSPS) is 10.8. The van der Waals surface area contributed by atoms with E-state index in [1.165, 1.54) is 0 Å². The lowest BCUT2D eigenvalue weighted by atomic mass is 10.2. The zero-order valence-corrected chi connectivity index (χ0v) is 11.3. The van der Waals surface area contributed by atoms with Gasteiger partial charge in [0.2, 0.25) is 0 Å². The molecule has 19 heavy (non-hydrogen) atoms. The minimum Gasteiger partial charge on any atom is -0.366 e. The zero-order chi connectivity index (χ0) is 13.2. The van der Waals surface area contributed by atoms with Crippen LogP contribution in [0.3, 0.4) is 0 Å². The van der Waals surface area contributed by atoms with Crippen molar-refractivity contribution in [2.24, 2.45) is 0 Å². The van der Waals surface area contributed by atoms with E-state index >= 15 is 0 Å². The van der Waals surface area contributed by atoms with Gasteiger partial charge >= 0.3 is 0 Å². The molecule has 0 aliphatic heterocycles. The van der Waals surface area contributed by atoms with E-state index in [4.69, 9.17) is 0 Å². The molecule has 0 atom stereocenters. The summed E-state index contributed by atoms with van der Waals surface area (Å²) < 4.78 is 0. The Morgan fingerprint density at radius 2 is 2.21 bits per heavy atom. The molecule has 0 aliphatic carbocycles. The average Bonchev–Trinajstić information content (AvgIpc) is 2.82. The maximum Gasteiger partial charge on any atom is 0.257 e. The van der Waals surface area contributed by atoms with Gasteiger partial charge in [0.05, 0.1) is 17.2 Å². The topological polar surface area (TPSA) is 57.8 Å². The second kappa shape index (κ2) is 4.85. The molecule has 0 aliphatic rings. The molecule has 4 nitrogen and oxygen atoms in total. The first-order chi connectivity index (χ1) is 9.22. The SMILES string of the molecule is Cc1nc(CNc2cc3ccccc3c(=O)[nH]2)cs1. The number of rotatable bonds is 3. The monoisotopic (exact) mass is 271 g/mol. The van der Waals surface area contributed by atoms with E-state index in [1.807, 2.05) is 42.6 Å². The number of aryl methyl sites for hydroxylation is 1. The van der Waals surface area contributed by atoms with Crippen LogP contribution in [0, 0.1) is 6.92 Å². The van der Waals surface area contributed by atoms with E-state index in [1.54, 1.807) is 11.3 Å². The second-order valence-electron chi connectivity index (χ2n) is 4.31. The number of pyridine rings is 1. The molecular weight excluding hydrogens is 258 g/mol. The number of aromatic amines is 1. The van der Waals surface area contributed by atoms with Crippen LogP contribution in [0.15, 0.2) is 40.5 Å². The molecule has 2 aromatic heterocycles. The first-order valence-corrected chi connectivity index (χ1v) is 6.87. The van der Waals surface area contributed by atoms with Crippen molar-refractivity contribution in [1.29, 1.82) is 0 Å². The zero-order valence-electron chi connectivity index (χ0n) is 10.4. The van der Waals surface area contributed by atoms with Crippen molar-refractivity contribution in [2.45, 2.75) is 13.5 Å². The van der Waals surface area contributed by atoms with Crippen LogP contribution in [-0.4, -0.2) is 9.97 Å². The smallest absolute Gasteiger partial charge is 0.257 e. The van der Waals surface area contributed by atoms with Gasteiger partial charge in [-0.1, -0.05) is 18.2 Å². The van der Waals surface area contributed by atoms with Gasteiger partial charge in [0, 0.05) is 10.8 Å². The molecule has 0 fully saturated rings. The highest BCUT2D eigenvalue weighted by Crippen LogP contribution is 2.14. The number of thiazole rings is 1. The minimum absolute atomic E-state index is 0.0740. The van der Waals surface area contributed by atoms with Crippen LogP contribution in [0.2, 0.25) is 0 Å². The number of H-pyrrole nitrogens is 1. The Morgan fingerprint density at radius 1 is 1.37 bits per heavy atom. The molecule has 2 N–H and O–H groups in total. The summed E-state index contributed by atoms with van der Waals surface area (Å²) in [7, 11) is 0. The molecule has 3 aromatic rings. The summed E-state index contributed by atoms with van der Waals surface area (Å²) in [6, 6.07) is 9.48. The van der Waals surface area contributed by atoms with Crippen LogP contribution >= 0.6 is 11.3 Å². The maximum absolute atomic E-state index is 11.9. The van der Waals surface area contributed by atoms with Crippen molar-refractivity contribution in [3.8, 4) is 0 Å². The van der Waals surface area contributed by atoms with Crippen molar-refractivity contribution < 1.29 is 0 Å². The number of fused-ring (bicyclic) bond motifs is 1. The number of nitrogens with one attached hydrogen (secondary N) is 2. The molecule has 0 saturated heterocycles. The second-order valence-corrected chi connectivity index (χ2v) is 5.37. The van der Waals surface area contributed by atoms with Gasteiger partial charge < -0.3 is 10.3 Å². The average molecular weight is 271 g/mol. The van der Waals surface area contributed by atoms with Gasteiger partial charge in [0.25, 0.3) is 5.56 Å². The quantitative estimate of drug-likeness (QED) is 0.770. The fourth-order valence-electron chi connectivity index (χ4n) is 1.98. The van der Waals surface area contributed by atoms with Gasteiger partial charge in [-0.05, 0) is 24.4 Å². The van der Waals surface area contributed by atoms with Gasteiger partial charge in [-0.15, -0.1) is 11.3 Å². The highest BCUT2D eigenvalue weighted by molar-refractivity contribution is 7.09. The fourth-order valence-corrected chi connectivity index (χ4v) is 2.59. The van der Waals surface area contributed by atoms with Gasteiger partial charge in [-0.2, -0.15) is 0 Å². The Balaban J connectivity index is 1.87. The van der Waals surface area contributed by atoms with E-state index in [9.17, 15) is 4.79 Å². The molecule has 96 valence electrons. The van der Waals surface area contributed by atoms with Crippen LogP contribution in [0.1, 0.15) is 10.7 Å². The lowest BCUT2D eigenvalue weighted by Gasteiger charge is -2.05. The molecule has 0 unspecified atom stereocenters. The summed E-state index contributed by atoms with van der Waals surface area (Å²) in [5.74, 6) is 0.717. The fraction of sp³-hybridized carbons (Fsp3) is 0.143. The number of nitrogens with zero attached hydrogens (tertiary/aromatic N) is 1. The summed E-state index contributed by atoms with van der Waals surface area (Å²) >= 11 is 1.62. The Hall–Kier alpha value is -2.14. The van der Waals surface area contributed by atoms with Crippen LogP contribution < -0.4 is 10.9 Å². The standard InChI is InChI=1S/C14H13N3OS/c1-9-16-11(8-19-9)7-15-13-6-10-4-2-3-5-12(10)14(18)17-13/h2-6,8H,7H2,1H3,(H2,15,17,18). The number of anilines is 1. The summed E-state index contributed by atoms with van der Waals surface area (Å²) in [6.45, 7) is 2.59. The Morgan fingerprint density at radius 3 is 3.00 bits per heavy atom. The lowest BCUT2D eigenvalue weighted by Crippen LogP contribution is -2.10. The Labute approximate surface area is 114 Å². The summed E-state index contributed by atoms with van der Waals surface area (Å²) in [5.41, 5.74) is 0.909. The number of benzene rings is 1. The predicted molar refractivity (Wildman–Crippen MR) is 78.7 cm³/mol. The van der Waals surface area contributed by atoms with E-state index < -0.39 is 0 Å². The van der Waals surface area contributed by atoms with Crippen molar-refractivity contribution in [2.75, 3.05) is 5.32 Å². The Bertz CT molecular complexity index is 775. The number of aromatic nitrogens is 2. The number of hydrogen-bond donors (Lipinski definition) is 2. The largest absolute Gasteiger partial charge is 0.366 e. The molecule has 1 aromatic carbocycles. The van der Waals surface area contributed by atoms with Crippen molar-refractivity contribution in [3.63, 3.8) is 0 Å². The summed E-state index contributed by atoms with van der Waals surface area (Å²) in [4.78, 5) is 19.1. The van der Waals surface area contributed by atoms with Gasteiger partial charge in [-0.3, -0.25) is 4.79 Å². The van der Waals surface area contributed by atoms with Gasteiger partial charge in [-0.25, -0.2) is 4.98 Å². The lowest BCUT2D eigenvalue weighted by molar-refractivity contribution is 1.04. The Kier molecular flexibility index (Phi) is 3.05. The van der Waals surface area contributed by atoms with E-state index in [0.29, 0.717) is 17.7 Å². The maximum atomic E-state index is 11.9. The van der Waals surface area contributed by atoms with Crippen molar-refractivity contribution in [3.05, 3.63) is 56.8 Å². The molecule has 0 amide bonds. The van der Waals surface area contributed by atoms with Gasteiger partial charge in [0.15, 0.2) is 0 Å². The summed E-state index contributed by atoms with van der Waals surface area (Å²) in [6.07, 6.45) is 0. The highest BCUT2D eigenvalue weighted by Gasteiger charge is 2.02. The molecule has 0 spiro atoms. The first-order valence-electron chi connectivity index (χ1n) is 5.99. The molecule has 0 radical (unpaired) electrons. The summed E-state index contributed by atoms with van der Waals surface area (Å²) in [5, 5.41) is 7.90. The molecule has 5 heteroatoms. The predicted octanol–water partition coefficient (Wildman–Crippen LogP) is 2.91. The van der Waals surface area contributed by atoms with Crippen LogP contribution in [0.5, 0.6) is 0 Å². The van der Waals surface area contributed by atoms with Crippen molar-refractivity contribution >= 4 is 27.9 Å². The van der Waals surface area contributed by atoms with Gasteiger partial charge in [0.1, 0.15) is 5.82 Å². The van der Waals surface area contributed by atoms with E-state index in [2.05, 4.69) is 15.3 Å². The van der Waals surface area contributed by atoms with Crippen LogP contribution in [-0.2, 0) is 6.54 Å².